The average Bonchev–Trinajstić information content (AvgIpc) is 3.01. The van der Waals surface area contributed by atoms with Crippen molar-refractivity contribution in [2.24, 2.45) is 0 Å². The van der Waals surface area contributed by atoms with Gasteiger partial charge in [0.1, 0.15) is 11.4 Å². The van der Waals surface area contributed by atoms with Gasteiger partial charge in [-0.05, 0) is 36.6 Å². The van der Waals surface area contributed by atoms with Crippen molar-refractivity contribution in [3.63, 3.8) is 0 Å². The molecule has 0 bridgehead atoms. The molecule has 6 nitrogen and oxygen atoms in total. The number of carbonyl (C=O) groups is 2. The third kappa shape index (κ3) is 3.59. The number of nitrogens with zero attached hydrogens (tertiary/aromatic N) is 2. The number of para-hydroxylation sites is 1. The summed E-state index contributed by atoms with van der Waals surface area (Å²) in [5.74, 6) is 0.127. The number of hydrogen-bond acceptors (Lipinski definition) is 5. The zero-order chi connectivity index (χ0) is 21.3. The van der Waals surface area contributed by atoms with Crippen LogP contribution in [-0.4, -0.2) is 55.0 Å². The van der Waals surface area contributed by atoms with Gasteiger partial charge in [-0.15, -0.1) is 0 Å². The summed E-state index contributed by atoms with van der Waals surface area (Å²) < 4.78 is 10.9. The Balaban J connectivity index is 1.76. The number of morpholine rings is 1. The first-order valence-electron chi connectivity index (χ1n) is 10.1. The van der Waals surface area contributed by atoms with Crippen molar-refractivity contribution in [1.82, 2.24) is 9.80 Å². The molecule has 2 aliphatic heterocycles. The van der Waals surface area contributed by atoms with Gasteiger partial charge in [-0.3, -0.25) is 14.5 Å². The number of methoxy groups -OCH3 is 1. The number of hydrogen-bond donors (Lipinski definition) is 0. The summed E-state index contributed by atoms with van der Waals surface area (Å²) in [5.41, 5.74) is 4.76. The second-order valence-corrected chi connectivity index (χ2v) is 7.63. The van der Waals surface area contributed by atoms with E-state index in [1.54, 1.807) is 7.11 Å². The van der Waals surface area contributed by atoms with Gasteiger partial charge >= 0.3 is 0 Å². The fourth-order valence-electron chi connectivity index (χ4n) is 3.95. The summed E-state index contributed by atoms with van der Waals surface area (Å²) in [4.78, 5) is 30.3. The lowest BCUT2D eigenvalue weighted by atomic mass is 9.99. The Hall–Kier alpha value is -3.12. The van der Waals surface area contributed by atoms with Gasteiger partial charge in [0, 0.05) is 18.7 Å². The van der Waals surface area contributed by atoms with Gasteiger partial charge in [-0.2, -0.15) is 0 Å². The Morgan fingerprint density at radius 2 is 1.70 bits per heavy atom. The Kier molecular flexibility index (Phi) is 5.59. The van der Waals surface area contributed by atoms with Crippen molar-refractivity contribution in [3.8, 4) is 5.75 Å². The first-order chi connectivity index (χ1) is 14.5. The lowest BCUT2D eigenvalue weighted by Crippen LogP contribution is -2.40. The maximum atomic E-state index is 13.5. The van der Waals surface area contributed by atoms with E-state index in [2.05, 4.69) is 0 Å². The lowest BCUT2D eigenvalue weighted by Gasteiger charge is -2.29. The molecule has 0 atom stereocenters. The van der Waals surface area contributed by atoms with Crippen LogP contribution >= 0.6 is 0 Å². The molecular formula is C24H26N2O4. The number of carbonyl (C=O) groups excluding carboxylic acids is 2. The van der Waals surface area contributed by atoms with Crippen LogP contribution in [0.25, 0.3) is 5.57 Å². The van der Waals surface area contributed by atoms with Crippen LogP contribution < -0.4 is 4.74 Å². The molecule has 30 heavy (non-hydrogen) atoms. The lowest BCUT2D eigenvalue weighted by molar-refractivity contribution is -0.138. The largest absolute Gasteiger partial charge is 0.496 e. The highest BCUT2D eigenvalue weighted by atomic mass is 16.5. The normalized spacial score (nSPS) is 17.2. The molecule has 2 heterocycles. The van der Waals surface area contributed by atoms with Crippen molar-refractivity contribution >= 4 is 17.4 Å². The van der Waals surface area contributed by atoms with Gasteiger partial charge < -0.3 is 14.4 Å². The third-order valence-corrected chi connectivity index (χ3v) is 5.79. The predicted octanol–water partition coefficient (Wildman–Crippen LogP) is 2.92. The predicted molar refractivity (Wildman–Crippen MR) is 114 cm³/mol. The smallest absolute Gasteiger partial charge is 0.278 e. The molecule has 0 aliphatic carbocycles. The summed E-state index contributed by atoms with van der Waals surface area (Å²) in [6.45, 7) is 6.48. The van der Waals surface area contributed by atoms with Crippen LogP contribution in [0.15, 0.2) is 48.2 Å². The maximum absolute atomic E-state index is 13.5. The van der Waals surface area contributed by atoms with E-state index in [0.29, 0.717) is 43.3 Å². The summed E-state index contributed by atoms with van der Waals surface area (Å²) in [6, 6.07) is 13.4. The van der Waals surface area contributed by atoms with Gasteiger partial charge in [0.25, 0.3) is 11.8 Å². The Morgan fingerprint density at radius 3 is 2.40 bits per heavy atom. The Bertz CT molecular complexity index is 1020. The second-order valence-electron chi connectivity index (χ2n) is 7.63. The number of ether oxygens (including phenoxy) is 2. The summed E-state index contributed by atoms with van der Waals surface area (Å²) in [6.07, 6.45) is 0. The van der Waals surface area contributed by atoms with Gasteiger partial charge in [0.05, 0.1) is 32.4 Å². The highest BCUT2D eigenvalue weighted by Crippen LogP contribution is 2.34. The van der Waals surface area contributed by atoms with E-state index in [9.17, 15) is 9.59 Å². The molecule has 2 amide bonds. The molecule has 4 rings (SSSR count). The minimum absolute atomic E-state index is 0.170. The first kappa shape index (κ1) is 20.2. The van der Waals surface area contributed by atoms with E-state index in [1.807, 2.05) is 61.2 Å². The van der Waals surface area contributed by atoms with Crippen molar-refractivity contribution in [2.75, 3.05) is 33.4 Å². The van der Waals surface area contributed by atoms with E-state index >= 15 is 0 Å². The molecule has 0 spiro atoms. The highest BCUT2D eigenvalue weighted by molar-refractivity contribution is 6.35. The van der Waals surface area contributed by atoms with Crippen molar-refractivity contribution in [3.05, 3.63) is 70.4 Å². The number of amides is 2. The van der Waals surface area contributed by atoms with Crippen LogP contribution in [0.4, 0.5) is 0 Å². The molecule has 6 heteroatoms. The highest BCUT2D eigenvalue weighted by Gasteiger charge is 2.42. The Labute approximate surface area is 176 Å². The van der Waals surface area contributed by atoms with Crippen LogP contribution in [0.3, 0.4) is 0 Å². The quantitative estimate of drug-likeness (QED) is 0.715. The molecule has 0 radical (unpaired) electrons. The average molecular weight is 406 g/mol. The fraction of sp³-hybridized carbons (Fsp3) is 0.333. The summed E-state index contributed by atoms with van der Waals surface area (Å²) in [7, 11) is 1.59. The molecule has 0 unspecified atom stereocenters. The minimum Gasteiger partial charge on any atom is -0.496 e. The third-order valence-electron chi connectivity index (χ3n) is 5.79. The fourth-order valence-corrected chi connectivity index (χ4v) is 3.95. The van der Waals surface area contributed by atoms with E-state index < -0.39 is 0 Å². The standard InChI is InChI=1S/C24H26N2O4/c1-16-8-9-18(14-17(16)2)21-22(25-10-12-30-13-11-25)24(28)26(23(21)27)15-19-6-4-5-7-20(19)29-3/h4-9,14H,10-13,15H2,1-3H3. The summed E-state index contributed by atoms with van der Waals surface area (Å²) >= 11 is 0. The molecule has 1 fully saturated rings. The van der Waals surface area contributed by atoms with Crippen LogP contribution in [0.2, 0.25) is 0 Å². The molecule has 156 valence electrons. The zero-order valence-electron chi connectivity index (χ0n) is 17.6. The molecule has 0 N–H and O–H groups in total. The SMILES string of the molecule is COc1ccccc1CN1C(=O)C(c2ccc(C)c(C)c2)=C(N2CCOCC2)C1=O. The van der Waals surface area contributed by atoms with Crippen LogP contribution in [0.5, 0.6) is 5.75 Å². The van der Waals surface area contributed by atoms with Gasteiger partial charge in [0.2, 0.25) is 0 Å². The van der Waals surface area contributed by atoms with E-state index in [1.165, 1.54) is 4.90 Å². The first-order valence-corrected chi connectivity index (χ1v) is 10.1. The zero-order valence-corrected chi connectivity index (χ0v) is 17.6. The van der Waals surface area contributed by atoms with Gasteiger partial charge in [0.15, 0.2) is 0 Å². The van der Waals surface area contributed by atoms with Crippen LogP contribution in [0.1, 0.15) is 22.3 Å². The second kappa shape index (κ2) is 8.32. The molecule has 2 aliphatic rings. The molecule has 0 aromatic heterocycles. The Morgan fingerprint density at radius 1 is 0.967 bits per heavy atom. The molecule has 1 saturated heterocycles. The van der Waals surface area contributed by atoms with Crippen molar-refractivity contribution < 1.29 is 19.1 Å². The molecule has 2 aromatic rings. The van der Waals surface area contributed by atoms with Gasteiger partial charge in [-0.25, -0.2) is 0 Å². The molecule has 0 saturated carbocycles. The van der Waals surface area contributed by atoms with E-state index in [4.69, 9.17) is 9.47 Å². The molecular weight excluding hydrogens is 380 g/mol. The molecule has 2 aromatic carbocycles. The van der Waals surface area contributed by atoms with Crippen LogP contribution in [-0.2, 0) is 20.9 Å². The van der Waals surface area contributed by atoms with Crippen LogP contribution in [0, 0.1) is 13.8 Å². The van der Waals surface area contributed by atoms with E-state index in [-0.39, 0.29) is 18.4 Å². The summed E-state index contributed by atoms with van der Waals surface area (Å²) in [5, 5.41) is 0. The minimum atomic E-state index is -0.268. The van der Waals surface area contributed by atoms with E-state index in [0.717, 1.165) is 22.3 Å². The number of aryl methyl sites for hydroxylation is 2. The topological polar surface area (TPSA) is 59.1 Å². The monoisotopic (exact) mass is 406 g/mol. The number of rotatable bonds is 5. The van der Waals surface area contributed by atoms with Crippen molar-refractivity contribution in [2.45, 2.75) is 20.4 Å². The maximum Gasteiger partial charge on any atom is 0.278 e. The number of imide groups is 1. The van der Waals surface area contributed by atoms with Crippen molar-refractivity contribution in [1.29, 1.82) is 0 Å². The van der Waals surface area contributed by atoms with Gasteiger partial charge in [-0.1, -0.05) is 36.4 Å². The number of benzene rings is 2.